The van der Waals surface area contributed by atoms with E-state index >= 15 is 0 Å². The van der Waals surface area contributed by atoms with Crippen LogP contribution in [0.3, 0.4) is 0 Å². The van der Waals surface area contributed by atoms with Crippen LogP contribution in [-0.2, 0) is 9.53 Å². The summed E-state index contributed by atoms with van der Waals surface area (Å²) < 4.78 is 18.9. The summed E-state index contributed by atoms with van der Waals surface area (Å²) in [5.41, 5.74) is 0.632. The Morgan fingerprint density at radius 3 is 2.78 bits per heavy atom. The highest BCUT2D eigenvalue weighted by atomic mass is 19.1. The molecule has 5 heteroatoms. The number of halogens is 1. The molecule has 0 bridgehead atoms. The van der Waals surface area contributed by atoms with Gasteiger partial charge in [0.1, 0.15) is 5.82 Å². The van der Waals surface area contributed by atoms with E-state index in [9.17, 15) is 9.18 Å². The third kappa shape index (κ3) is 3.72. The molecule has 3 rings (SSSR count). The van der Waals surface area contributed by atoms with Gasteiger partial charge in [0.15, 0.2) is 0 Å². The van der Waals surface area contributed by atoms with E-state index < -0.39 is 0 Å². The van der Waals surface area contributed by atoms with Gasteiger partial charge in [-0.05, 0) is 37.2 Å². The van der Waals surface area contributed by atoms with Gasteiger partial charge in [-0.3, -0.25) is 4.79 Å². The van der Waals surface area contributed by atoms with Crippen LogP contribution in [0.5, 0.6) is 0 Å². The van der Waals surface area contributed by atoms with Crippen molar-refractivity contribution in [3.05, 3.63) is 30.1 Å². The Balaban J connectivity index is 1.74. The molecule has 0 aromatic heterocycles. The second-order valence-corrected chi connectivity index (χ2v) is 6.82. The van der Waals surface area contributed by atoms with Crippen molar-refractivity contribution < 1.29 is 13.9 Å². The Bertz CT molecular complexity index is 548. The second kappa shape index (κ2) is 6.97. The molecule has 0 radical (unpaired) electrons. The Morgan fingerprint density at radius 1 is 1.26 bits per heavy atom. The lowest BCUT2D eigenvalue weighted by atomic mass is 9.87. The summed E-state index contributed by atoms with van der Waals surface area (Å²) in [5.74, 6) is -0.170. The molecule has 0 aliphatic carbocycles. The van der Waals surface area contributed by atoms with Crippen LogP contribution in [0.4, 0.5) is 10.1 Å². The first-order chi connectivity index (χ1) is 11.1. The molecular weight excluding hydrogens is 295 g/mol. The summed E-state index contributed by atoms with van der Waals surface area (Å²) in [4.78, 5) is 16.7. The van der Waals surface area contributed by atoms with E-state index in [1.54, 1.807) is 17.0 Å². The molecule has 0 unspecified atom stereocenters. The summed E-state index contributed by atoms with van der Waals surface area (Å²) in [5, 5.41) is 0. The minimum absolute atomic E-state index is 0.109. The summed E-state index contributed by atoms with van der Waals surface area (Å²) in [7, 11) is 0. The molecule has 0 N–H and O–H groups in total. The fraction of sp³-hybridized carbons (Fsp3) is 0.611. The highest BCUT2D eigenvalue weighted by Crippen LogP contribution is 2.36. The lowest BCUT2D eigenvalue weighted by molar-refractivity contribution is -0.118. The molecule has 4 nitrogen and oxygen atoms in total. The minimum atomic E-state index is -0.279. The summed E-state index contributed by atoms with van der Waals surface area (Å²) in [6, 6.07) is 6.17. The van der Waals surface area contributed by atoms with Gasteiger partial charge in [0.25, 0.3) is 0 Å². The largest absolute Gasteiger partial charge is 0.379 e. The Hall–Kier alpha value is -1.46. The number of amides is 1. The van der Waals surface area contributed by atoms with Gasteiger partial charge in [-0.2, -0.15) is 0 Å². The number of hydrogen-bond acceptors (Lipinski definition) is 3. The number of benzene rings is 1. The number of rotatable bonds is 4. The fourth-order valence-corrected chi connectivity index (χ4v) is 3.61. The standard InChI is InChI=1S/C18H25FN2O2/c1-2-3-8-20-9-10-23-14-18(12-20)11-17(22)21(13-18)16-6-4-15(19)5-7-16/h4-7H,2-3,8-14H2,1H3/t18-/m0/s1. The molecule has 2 aliphatic heterocycles. The maximum atomic E-state index is 13.1. The Morgan fingerprint density at radius 2 is 2.04 bits per heavy atom. The quantitative estimate of drug-likeness (QED) is 0.855. The molecule has 1 atom stereocenters. The zero-order valence-corrected chi connectivity index (χ0v) is 13.8. The predicted octanol–water partition coefficient (Wildman–Crippen LogP) is 2.68. The van der Waals surface area contributed by atoms with Crippen molar-refractivity contribution in [1.29, 1.82) is 0 Å². The maximum absolute atomic E-state index is 13.1. The molecule has 1 spiro atoms. The summed E-state index contributed by atoms with van der Waals surface area (Å²) in [6.07, 6.45) is 2.85. The Kier molecular flexibility index (Phi) is 4.97. The molecule has 1 aromatic carbocycles. The number of ether oxygens (including phenoxy) is 1. The number of unbranched alkanes of at least 4 members (excludes halogenated alkanes) is 1. The highest BCUT2D eigenvalue weighted by Gasteiger charge is 2.45. The van der Waals surface area contributed by atoms with E-state index in [2.05, 4.69) is 11.8 Å². The van der Waals surface area contributed by atoms with Crippen LogP contribution < -0.4 is 4.90 Å². The highest BCUT2D eigenvalue weighted by molar-refractivity contribution is 5.96. The molecule has 2 heterocycles. The van der Waals surface area contributed by atoms with Crippen molar-refractivity contribution in [3.8, 4) is 0 Å². The van der Waals surface area contributed by atoms with Gasteiger partial charge in [0, 0.05) is 37.2 Å². The topological polar surface area (TPSA) is 32.8 Å². The smallest absolute Gasteiger partial charge is 0.227 e. The van der Waals surface area contributed by atoms with E-state index in [4.69, 9.17) is 4.74 Å². The van der Waals surface area contributed by atoms with Crippen molar-refractivity contribution in [1.82, 2.24) is 4.90 Å². The van der Waals surface area contributed by atoms with Gasteiger partial charge in [0.05, 0.1) is 13.2 Å². The van der Waals surface area contributed by atoms with Gasteiger partial charge >= 0.3 is 0 Å². The van der Waals surface area contributed by atoms with E-state index in [0.717, 1.165) is 31.9 Å². The first-order valence-corrected chi connectivity index (χ1v) is 8.48. The van der Waals surface area contributed by atoms with E-state index in [1.165, 1.54) is 25.0 Å². The average molecular weight is 320 g/mol. The lowest BCUT2D eigenvalue weighted by Crippen LogP contribution is -2.41. The molecule has 1 amide bonds. The third-order valence-electron chi connectivity index (χ3n) is 4.81. The van der Waals surface area contributed by atoms with Crippen LogP contribution >= 0.6 is 0 Å². The lowest BCUT2D eigenvalue weighted by Gasteiger charge is -2.31. The van der Waals surface area contributed by atoms with Crippen molar-refractivity contribution in [2.24, 2.45) is 5.41 Å². The van der Waals surface area contributed by atoms with Crippen LogP contribution in [-0.4, -0.2) is 50.2 Å². The van der Waals surface area contributed by atoms with Crippen molar-refractivity contribution in [3.63, 3.8) is 0 Å². The van der Waals surface area contributed by atoms with Gasteiger partial charge < -0.3 is 14.5 Å². The van der Waals surface area contributed by atoms with Gasteiger partial charge in [-0.1, -0.05) is 13.3 Å². The molecule has 23 heavy (non-hydrogen) atoms. The second-order valence-electron chi connectivity index (χ2n) is 6.82. The molecule has 0 saturated carbocycles. The average Bonchev–Trinajstić information content (AvgIpc) is 2.73. The molecule has 1 aromatic rings. The number of nitrogens with zero attached hydrogens (tertiary/aromatic N) is 2. The number of anilines is 1. The van der Waals surface area contributed by atoms with Crippen LogP contribution in [0.25, 0.3) is 0 Å². The first-order valence-electron chi connectivity index (χ1n) is 8.48. The van der Waals surface area contributed by atoms with Crippen LogP contribution in [0.1, 0.15) is 26.2 Å². The van der Waals surface area contributed by atoms with Gasteiger partial charge in [-0.15, -0.1) is 0 Å². The van der Waals surface area contributed by atoms with E-state index in [0.29, 0.717) is 19.6 Å². The molecule has 2 saturated heterocycles. The minimum Gasteiger partial charge on any atom is -0.379 e. The molecule has 2 fully saturated rings. The van der Waals surface area contributed by atoms with E-state index in [-0.39, 0.29) is 17.1 Å². The van der Waals surface area contributed by atoms with Crippen LogP contribution in [0.2, 0.25) is 0 Å². The van der Waals surface area contributed by atoms with Crippen molar-refractivity contribution in [2.75, 3.05) is 44.3 Å². The zero-order chi connectivity index (χ0) is 16.3. The normalized spacial score (nSPS) is 26.0. The summed E-state index contributed by atoms with van der Waals surface area (Å²) in [6.45, 7) is 7.10. The fourth-order valence-electron chi connectivity index (χ4n) is 3.61. The maximum Gasteiger partial charge on any atom is 0.227 e. The SMILES string of the molecule is CCCCN1CCOC[C@@]2(CC(=O)N(c3ccc(F)cc3)C2)C1. The van der Waals surface area contributed by atoms with Gasteiger partial charge in [-0.25, -0.2) is 4.39 Å². The van der Waals surface area contributed by atoms with E-state index in [1.807, 2.05) is 0 Å². The zero-order valence-electron chi connectivity index (χ0n) is 13.8. The number of carbonyl (C=O) groups excluding carboxylic acids is 1. The molecule has 2 aliphatic rings. The van der Waals surface area contributed by atoms with Crippen LogP contribution in [0.15, 0.2) is 24.3 Å². The summed E-state index contributed by atoms with van der Waals surface area (Å²) >= 11 is 0. The third-order valence-corrected chi connectivity index (χ3v) is 4.81. The first kappa shape index (κ1) is 16.4. The van der Waals surface area contributed by atoms with Crippen molar-refractivity contribution >= 4 is 11.6 Å². The number of carbonyl (C=O) groups is 1. The molecular formula is C18H25FN2O2. The molecule has 126 valence electrons. The monoisotopic (exact) mass is 320 g/mol. The Labute approximate surface area is 137 Å². The van der Waals surface area contributed by atoms with Crippen LogP contribution in [0, 0.1) is 11.2 Å². The number of hydrogen-bond donors (Lipinski definition) is 0. The van der Waals surface area contributed by atoms with Gasteiger partial charge in [0.2, 0.25) is 5.91 Å². The van der Waals surface area contributed by atoms with Crippen molar-refractivity contribution in [2.45, 2.75) is 26.2 Å². The predicted molar refractivity (Wildman–Crippen MR) is 88.0 cm³/mol.